The van der Waals surface area contributed by atoms with Gasteiger partial charge in [0.2, 0.25) is 0 Å². The molecule has 0 aromatic heterocycles. The highest BCUT2D eigenvalue weighted by atomic mass is 16.1. The zero-order chi connectivity index (χ0) is 11.4. The van der Waals surface area contributed by atoms with E-state index in [0.717, 1.165) is 18.6 Å². The van der Waals surface area contributed by atoms with Gasteiger partial charge in [-0.15, -0.1) is 0 Å². The van der Waals surface area contributed by atoms with E-state index in [4.69, 9.17) is 0 Å². The van der Waals surface area contributed by atoms with Crippen LogP contribution in [0, 0.1) is 0 Å². The Morgan fingerprint density at radius 2 is 2.06 bits per heavy atom. The minimum absolute atomic E-state index is 0.188. The molecule has 1 aromatic carbocycles. The Bertz CT molecular complexity index is 443. The lowest BCUT2D eigenvalue weighted by Gasteiger charge is -2.02. The van der Waals surface area contributed by atoms with Gasteiger partial charge in [0.15, 0.2) is 0 Å². The van der Waals surface area contributed by atoms with E-state index in [0.29, 0.717) is 6.42 Å². The molecule has 0 radical (unpaired) electrons. The fraction of sp³-hybridized carbons (Fsp3) is 0.286. The molecule has 0 saturated carbocycles. The van der Waals surface area contributed by atoms with Gasteiger partial charge >= 0.3 is 0 Å². The van der Waals surface area contributed by atoms with Crippen LogP contribution in [0.1, 0.15) is 25.3 Å². The van der Waals surface area contributed by atoms with E-state index in [1.165, 1.54) is 11.1 Å². The maximum Gasteiger partial charge on any atom is 0.135 e. The topological polar surface area (TPSA) is 29.4 Å². The van der Waals surface area contributed by atoms with Crippen LogP contribution in [0.3, 0.4) is 0 Å². The molecular formula is C14H15NO. The van der Waals surface area contributed by atoms with Gasteiger partial charge in [0.1, 0.15) is 5.78 Å². The Hall–Kier alpha value is -1.70. The summed E-state index contributed by atoms with van der Waals surface area (Å²) >= 11 is 0. The van der Waals surface area contributed by atoms with E-state index in [-0.39, 0.29) is 5.78 Å². The summed E-state index contributed by atoms with van der Waals surface area (Å²) < 4.78 is 0. The number of rotatable bonds is 4. The number of allylic oxidation sites excluding steroid dienone is 1. The van der Waals surface area contributed by atoms with Gasteiger partial charge in [-0.25, -0.2) is 0 Å². The highest BCUT2D eigenvalue weighted by Crippen LogP contribution is 2.18. The maximum absolute atomic E-state index is 11.0. The van der Waals surface area contributed by atoms with Gasteiger partial charge in [-0.1, -0.05) is 30.3 Å². The van der Waals surface area contributed by atoms with Gasteiger partial charge in [-0.05, 0) is 24.5 Å². The third-order valence-corrected chi connectivity index (χ3v) is 2.59. The van der Waals surface area contributed by atoms with Crippen molar-refractivity contribution in [2.45, 2.75) is 26.2 Å². The van der Waals surface area contributed by atoms with Gasteiger partial charge < -0.3 is 0 Å². The lowest BCUT2D eigenvalue weighted by molar-refractivity contribution is -0.115. The molecule has 2 rings (SSSR count). The highest BCUT2D eigenvalue weighted by Gasteiger charge is 2.12. The second-order valence-electron chi connectivity index (χ2n) is 4.20. The predicted molar refractivity (Wildman–Crippen MR) is 65.6 cm³/mol. The van der Waals surface area contributed by atoms with Crippen molar-refractivity contribution < 1.29 is 4.79 Å². The summed E-state index contributed by atoms with van der Waals surface area (Å²) in [5, 5.41) is 0. The summed E-state index contributed by atoms with van der Waals surface area (Å²) in [5.74, 6) is 0.188. The first-order chi connectivity index (χ1) is 7.74. The zero-order valence-electron chi connectivity index (χ0n) is 9.44. The molecular weight excluding hydrogens is 198 g/mol. The molecule has 1 aromatic rings. The molecule has 16 heavy (non-hydrogen) atoms. The molecule has 0 unspecified atom stereocenters. The molecule has 1 heterocycles. The molecule has 0 N–H and O–H groups in total. The smallest absolute Gasteiger partial charge is 0.135 e. The van der Waals surface area contributed by atoms with Crippen molar-refractivity contribution in [3.8, 4) is 0 Å². The van der Waals surface area contributed by atoms with E-state index in [2.05, 4.69) is 17.1 Å². The first kappa shape index (κ1) is 10.8. The number of aliphatic imine (C=N–C) groups is 1. The number of ketones is 1. The average molecular weight is 213 g/mol. The van der Waals surface area contributed by atoms with Crippen LogP contribution in [-0.2, 0) is 11.2 Å². The fourth-order valence-corrected chi connectivity index (χ4v) is 1.90. The van der Waals surface area contributed by atoms with Crippen LogP contribution in [0.25, 0.3) is 0 Å². The summed E-state index contributed by atoms with van der Waals surface area (Å²) in [6.07, 6.45) is 4.19. The van der Waals surface area contributed by atoms with Crippen LogP contribution in [0.2, 0.25) is 0 Å². The number of carbonyl (C=O) groups is 1. The molecule has 1 aliphatic rings. The van der Waals surface area contributed by atoms with Crippen LogP contribution >= 0.6 is 0 Å². The largest absolute Gasteiger partial charge is 0.300 e. The normalized spacial score (nSPS) is 14.6. The van der Waals surface area contributed by atoms with Gasteiger partial charge in [0.25, 0.3) is 0 Å². The summed E-state index contributed by atoms with van der Waals surface area (Å²) in [6, 6.07) is 10.3. The number of hydrogen-bond donors (Lipinski definition) is 0. The molecule has 2 heteroatoms. The standard InChI is InChI=1S/C14H15NO/c1-11(16)7-14-9-13(10-15-14)8-12-5-3-2-4-6-12/h2-6,10H,7-9H2,1H3. The second kappa shape index (κ2) is 4.88. The van der Waals surface area contributed by atoms with Crippen molar-refractivity contribution >= 4 is 11.5 Å². The lowest BCUT2D eigenvalue weighted by Crippen LogP contribution is -2.03. The van der Waals surface area contributed by atoms with Crippen molar-refractivity contribution in [1.29, 1.82) is 0 Å². The summed E-state index contributed by atoms with van der Waals surface area (Å²) in [7, 11) is 0. The lowest BCUT2D eigenvalue weighted by atomic mass is 10.0. The van der Waals surface area contributed by atoms with Gasteiger partial charge in [-0.2, -0.15) is 0 Å². The van der Waals surface area contributed by atoms with Crippen molar-refractivity contribution in [3.05, 3.63) is 47.7 Å². The monoisotopic (exact) mass is 213 g/mol. The molecule has 0 bridgehead atoms. The van der Waals surface area contributed by atoms with Crippen molar-refractivity contribution in [2.75, 3.05) is 0 Å². The molecule has 2 nitrogen and oxygen atoms in total. The van der Waals surface area contributed by atoms with Crippen LogP contribution in [0.15, 0.2) is 47.1 Å². The highest BCUT2D eigenvalue weighted by molar-refractivity contribution is 6.03. The summed E-state index contributed by atoms with van der Waals surface area (Å²) in [6.45, 7) is 1.61. The van der Waals surface area contributed by atoms with Crippen LogP contribution in [0.5, 0.6) is 0 Å². The molecule has 0 spiro atoms. The molecule has 0 amide bonds. The molecule has 0 atom stereocenters. The van der Waals surface area contributed by atoms with Crippen LogP contribution < -0.4 is 0 Å². The number of carbonyl (C=O) groups excluding carboxylic acids is 1. The molecule has 82 valence electrons. The fourth-order valence-electron chi connectivity index (χ4n) is 1.90. The maximum atomic E-state index is 11.0. The molecule has 0 aliphatic carbocycles. The zero-order valence-corrected chi connectivity index (χ0v) is 9.44. The van der Waals surface area contributed by atoms with Crippen molar-refractivity contribution in [3.63, 3.8) is 0 Å². The SMILES string of the molecule is CC(=O)CC1=NC=C(Cc2ccccc2)C1. The van der Waals surface area contributed by atoms with E-state index in [1.807, 2.05) is 24.4 Å². The first-order valence-corrected chi connectivity index (χ1v) is 5.51. The molecule has 0 saturated heterocycles. The number of benzene rings is 1. The average Bonchev–Trinajstić information content (AvgIpc) is 2.66. The third kappa shape index (κ3) is 2.89. The minimum atomic E-state index is 0.188. The Morgan fingerprint density at radius 3 is 2.75 bits per heavy atom. The van der Waals surface area contributed by atoms with E-state index in [9.17, 15) is 4.79 Å². The van der Waals surface area contributed by atoms with Crippen molar-refractivity contribution in [2.24, 2.45) is 4.99 Å². The Morgan fingerprint density at radius 1 is 1.31 bits per heavy atom. The van der Waals surface area contributed by atoms with E-state index < -0.39 is 0 Å². The third-order valence-electron chi connectivity index (χ3n) is 2.59. The summed E-state index contributed by atoms with van der Waals surface area (Å²) in [4.78, 5) is 15.2. The number of hydrogen-bond acceptors (Lipinski definition) is 2. The minimum Gasteiger partial charge on any atom is -0.300 e. The predicted octanol–water partition coefficient (Wildman–Crippen LogP) is 2.94. The molecule has 0 fully saturated rings. The van der Waals surface area contributed by atoms with Crippen LogP contribution in [0.4, 0.5) is 0 Å². The van der Waals surface area contributed by atoms with E-state index in [1.54, 1.807) is 6.92 Å². The number of Topliss-reactive ketones (excluding diaryl/α,β-unsaturated/α-hetero) is 1. The quantitative estimate of drug-likeness (QED) is 0.756. The summed E-state index contributed by atoms with van der Waals surface area (Å²) in [5.41, 5.74) is 3.59. The molecule has 1 aliphatic heterocycles. The van der Waals surface area contributed by atoms with Gasteiger partial charge in [0, 0.05) is 24.8 Å². The Labute approximate surface area is 95.7 Å². The second-order valence-corrected chi connectivity index (χ2v) is 4.20. The van der Waals surface area contributed by atoms with Gasteiger partial charge in [-0.3, -0.25) is 9.79 Å². The Balaban J connectivity index is 1.90. The number of nitrogens with zero attached hydrogens (tertiary/aromatic N) is 1. The van der Waals surface area contributed by atoms with Crippen molar-refractivity contribution in [1.82, 2.24) is 0 Å². The van der Waals surface area contributed by atoms with Gasteiger partial charge in [0.05, 0.1) is 0 Å². The first-order valence-electron chi connectivity index (χ1n) is 5.51. The Kier molecular flexibility index (Phi) is 3.30. The van der Waals surface area contributed by atoms with Crippen LogP contribution in [-0.4, -0.2) is 11.5 Å². The van der Waals surface area contributed by atoms with E-state index >= 15 is 0 Å².